The maximum absolute atomic E-state index is 12.8. The standard InChI is InChI=1S/C26H24N4O3/c31-26(19-33-23-10-5-4-9-21(23)20-7-2-1-3-8-20)30-16-14-29(15-17-30)25-13-12-22(27-28-25)24-11-6-18-32-24/h1-13,18H,14-17,19H2. The number of rotatable bonds is 6. The molecule has 1 aliphatic heterocycles. The molecule has 5 rings (SSSR count). The van der Waals surface area contributed by atoms with Crippen LogP contribution in [0.3, 0.4) is 0 Å². The van der Waals surface area contributed by atoms with Gasteiger partial charge in [0.2, 0.25) is 0 Å². The summed E-state index contributed by atoms with van der Waals surface area (Å²) in [5, 5.41) is 8.59. The Balaban J connectivity index is 1.16. The van der Waals surface area contributed by atoms with Crippen molar-refractivity contribution in [3.63, 3.8) is 0 Å². The molecular weight excluding hydrogens is 416 g/mol. The van der Waals surface area contributed by atoms with E-state index in [4.69, 9.17) is 9.15 Å². The zero-order valence-electron chi connectivity index (χ0n) is 18.1. The Hall–Kier alpha value is -4.13. The van der Waals surface area contributed by atoms with Crippen molar-refractivity contribution >= 4 is 11.7 Å². The third-order valence-corrected chi connectivity index (χ3v) is 5.70. The minimum absolute atomic E-state index is 0.0154. The SMILES string of the molecule is O=C(COc1ccccc1-c1ccccc1)N1CCN(c2ccc(-c3ccco3)nn2)CC1. The third kappa shape index (κ3) is 4.72. The molecule has 0 N–H and O–H groups in total. The summed E-state index contributed by atoms with van der Waals surface area (Å²) in [6, 6.07) is 25.4. The van der Waals surface area contributed by atoms with Gasteiger partial charge in [0.1, 0.15) is 11.4 Å². The highest BCUT2D eigenvalue weighted by Gasteiger charge is 2.23. The summed E-state index contributed by atoms with van der Waals surface area (Å²) in [6.45, 7) is 2.64. The molecule has 7 nitrogen and oxygen atoms in total. The van der Waals surface area contributed by atoms with Crippen LogP contribution in [0.2, 0.25) is 0 Å². The van der Waals surface area contributed by atoms with Crippen LogP contribution < -0.4 is 9.64 Å². The van der Waals surface area contributed by atoms with Crippen LogP contribution >= 0.6 is 0 Å². The van der Waals surface area contributed by atoms with Crippen LogP contribution in [-0.2, 0) is 4.79 Å². The molecular formula is C26H24N4O3. The molecule has 33 heavy (non-hydrogen) atoms. The summed E-state index contributed by atoms with van der Waals surface area (Å²) in [5.41, 5.74) is 2.74. The normalized spacial score (nSPS) is 13.7. The maximum Gasteiger partial charge on any atom is 0.260 e. The van der Waals surface area contributed by atoms with Crippen LogP contribution in [0.25, 0.3) is 22.6 Å². The summed E-state index contributed by atoms with van der Waals surface area (Å²) in [5.74, 6) is 2.18. The van der Waals surface area contributed by atoms with Gasteiger partial charge in [0.25, 0.3) is 5.91 Å². The highest BCUT2D eigenvalue weighted by Crippen LogP contribution is 2.29. The van der Waals surface area contributed by atoms with E-state index in [0.717, 1.165) is 16.9 Å². The first-order valence-corrected chi connectivity index (χ1v) is 11.0. The van der Waals surface area contributed by atoms with Crippen molar-refractivity contribution < 1.29 is 13.9 Å². The zero-order chi connectivity index (χ0) is 22.5. The second-order valence-corrected chi connectivity index (χ2v) is 7.77. The molecule has 0 radical (unpaired) electrons. The predicted molar refractivity (Wildman–Crippen MR) is 126 cm³/mol. The Morgan fingerprint density at radius 2 is 1.64 bits per heavy atom. The van der Waals surface area contributed by atoms with Crippen molar-refractivity contribution in [1.29, 1.82) is 0 Å². The number of amides is 1. The van der Waals surface area contributed by atoms with E-state index in [1.807, 2.05) is 83.8 Å². The largest absolute Gasteiger partial charge is 0.483 e. The molecule has 1 amide bonds. The summed E-state index contributed by atoms with van der Waals surface area (Å²) < 4.78 is 11.3. The number of hydrogen-bond donors (Lipinski definition) is 0. The van der Waals surface area contributed by atoms with E-state index < -0.39 is 0 Å². The molecule has 3 heterocycles. The molecule has 2 aromatic carbocycles. The van der Waals surface area contributed by atoms with Crippen molar-refractivity contribution in [2.75, 3.05) is 37.7 Å². The average molecular weight is 441 g/mol. The Morgan fingerprint density at radius 1 is 0.848 bits per heavy atom. The van der Waals surface area contributed by atoms with Crippen molar-refractivity contribution in [1.82, 2.24) is 15.1 Å². The molecule has 2 aromatic heterocycles. The number of anilines is 1. The molecule has 1 saturated heterocycles. The van der Waals surface area contributed by atoms with Gasteiger partial charge in [-0.2, -0.15) is 0 Å². The monoisotopic (exact) mass is 440 g/mol. The number of hydrogen-bond acceptors (Lipinski definition) is 6. The van der Waals surface area contributed by atoms with Gasteiger partial charge >= 0.3 is 0 Å². The van der Waals surface area contributed by atoms with Crippen molar-refractivity contribution in [2.45, 2.75) is 0 Å². The predicted octanol–water partition coefficient (Wildman–Crippen LogP) is 4.13. The van der Waals surface area contributed by atoms with Gasteiger partial charge < -0.3 is 19.0 Å². The van der Waals surface area contributed by atoms with E-state index in [9.17, 15) is 4.79 Å². The van der Waals surface area contributed by atoms with Crippen molar-refractivity contribution in [2.24, 2.45) is 0 Å². The van der Waals surface area contributed by atoms with Crippen LogP contribution in [0.1, 0.15) is 0 Å². The van der Waals surface area contributed by atoms with Gasteiger partial charge in [0, 0.05) is 31.7 Å². The van der Waals surface area contributed by atoms with Crippen molar-refractivity contribution in [3.8, 4) is 28.3 Å². The number of para-hydroxylation sites is 1. The van der Waals surface area contributed by atoms with E-state index in [2.05, 4.69) is 15.1 Å². The Morgan fingerprint density at radius 3 is 2.36 bits per heavy atom. The average Bonchev–Trinajstić information content (AvgIpc) is 3.43. The van der Waals surface area contributed by atoms with Gasteiger partial charge in [0.05, 0.1) is 6.26 Å². The lowest BCUT2D eigenvalue weighted by atomic mass is 10.1. The molecule has 0 atom stereocenters. The minimum Gasteiger partial charge on any atom is -0.483 e. The quantitative estimate of drug-likeness (QED) is 0.449. The molecule has 0 spiro atoms. The van der Waals surface area contributed by atoms with Crippen LogP contribution in [0.15, 0.2) is 89.5 Å². The summed E-state index contributed by atoms with van der Waals surface area (Å²) in [6.07, 6.45) is 1.62. The molecule has 4 aromatic rings. The number of benzene rings is 2. The van der Waals surface area contributed by atoms with E-state index in [0.29, 0.717) is 43.4 Å². The molecule has 1 fully saturated rings. The van der Waals surface area contributed by atoms with Gasteiger partial charge in [-0.15, -0.1) is 10.2 Å². The molecule has 0 aliphatic carbocycles. The first-order chi connectivity index (χ1) is 16.3. The summed E-state index contributed by atoms with van der Waals surface area (Å²) in [4.78, 5) is 16.8. The molecule has 0 unspecified atom stereocenters. The van der Waals surface area contributed by atoms with Gasteiger partial charge in [-0.25, -0.2) is 0 Å². The van der Waals surface area contributed by atoms with Gasteiger partial charge in [-0.05, 0) is 35.9 Å². The lowest BCUT2D eigenvalue weighted by Crippen LogP contribution is -2.50. The Bertz CT molecular complexity index is 1190. The topological polar surface area (TPSA) is 71.7 Å². The fourth-order valence-electron chi connectivity index (χ4n) is 3.91. The Labute approximate surface area is 192 Å². The molecule has 166 valence electrons. The second-order valence-electron chi connectivity index (χ2n) is 7.77. The fraction of sp³-hybridized carbons (Fsp3) is 0.192. The van der Waals surface area contributed by atoms with E-state index in [-0.39, 0.29) is 12.5 Å². The third-order valence-electron chi connectivity index (χ3n) is 5.70. The van der Waals surface area contributed by atoms with Gasteiger partial charge in [0.15, 0.2) is 18.2 Å². The highest BCUT2D eigenvalue weighted by atomic mass is 16.5. The van der Waals surface area contributed by atoms with Crippen molar-refractivity contribution in [3.05, 3.63) is 85.1 Å². The highest BCUT2D eigenvalue weighted by molar-refractivity contribution is 5.79. The molecule has 0 saturated carbocycles. The molecule has 1 aliphatic rings. The Kier molecular flexibility index (Phi) is 6.01. The second kappa shape index (κ2) is 9.56. The first kappa shape index (κ1) is 20.8. The smallest absolute Gasteiger partial charge is 0.260 e. The minimum atomic E-state index is -0.0169. The number of carbonyl (C=O) groups excluding carboxylic acids is 1. The summed E-state index contributed by atoms with van der Waals surface area (Å²) >= 11 is 0. The van der Waals surface area contributed by atoms with Crippen LogP contribution in [0.4, 0.5) is 5.82 Å². The van der Waals surface area contributed by atoms with E-state index in [1.54, 1.807) is 6.26 Å². The van der Waals surface area contributed by atoms with Gasteiger partial charge in [-0.1, -0.05) is 48.5 Å². The number of furan rings is 1. The number of piperazine rings is 1. The zero-order valence-corrected chi connectivity index (χ0v) is 18.1. The maximum atomic E-state index is 12.8. The molecule has 0 bridgehead atoms. The molecule has 7 heteroatoms. The lowest BCUT2D eigenvalue weighted by Gasteiger charge is -2.35. The van der Waals surface area contributed by atoms with Crippen LogP contribution in [-0.4, -0.2) is 53.8 Å². The van der Waals surface area contributed by atoms with E-state index >= 15 is 0 Å². The van der Waals surface area contributed by atoms with E-state index in [1.165, 1.54) is 0 Å². The van der Waals surface area contributed by atoms with Gasteiger partial charge in [-0.3, -0.25) is 4.79 Å². The number of ether oxygens (including phenoxy) is 1. The number of aromatic nitrogens is 2. The number of carbonyl (C=O) groups is 1. The first-order valence-electron chi connectivity index (χ1n) is 11.0. The number of nitrogens with zero attached hydrogens (tertiary/aromatic N) is 4. The summed E-state index contributed by atoms with van der Waals surface area (Å²) in [7, 11) is 0. The lowest BCUT2D eigenvalue weighted by molar-refractivity contribution is -0.133. The van der Waals surface area contributed by atoms with Crippen LogP contribution in [0, 0.1) is 0 Å². The fourth-order valence-corrected chi connectivity index (χ4v) is 3.91. The van der Waals surface area contributed by atoms with Crippen LogP contribution in [0.5, 0.6) is 5.75 Å².